The van der Waals surface area contributed by atoms with Crippen LogP contribution in [0.15, 0.2) is 49.7 Å². The summed E-state index contributed by atoms with van der Waals surface area (Å²) in [6.07, 6.45) is 3.08. The summed E-state index contributed by atoms with van der Waals surface area (Å²) in [5.41, 5.74) is 6.19. The fourth-order valence-electron chi connectivity index (χ4n) is 1.21. The number of benzene rings is 1. The van der Waals surface area contributed by atoms with Crippen molar-refractivity contribution in [1.29, 1.82) is 5.41 Å². The van der Waals surface area contributed by atoms with Gasteiger partial charge in [-0.25, -0.2) is 4.98 Å². The number of nitrogens with zero attached hydrogens (tertiary/aromatic N) is 1. The van der Waals surface area contributed by atoms with Crippen LogP contribution in [0.2, 0.25) is 0 Å². The Labute approximate surface area is 105 Å². The highest BCUT2D eigenvalue weighted by atomic mass is 79.9. The second-order valence-corrected chi connectivity index (χ2v) is 4.77. The predicted molar refractivity (Wildman–Crippen MR) is 65.8 cm³/mol. The minimum Gasteiger partial charge on any atom is -0.440 e. The minimum atomic E-state index is 0.0153. The van der Waals surface area contributed by atoms with E-state index >= 15 is 0 Å². The van der Waals surface area contributed by atoms with Crippen LogP contribution in [-0.4, -0.2) is 10.8 Å². The van der Waals surface area contributed by atoms with E-state index in [9.17, 15) is 0 Å². The SMILES string of the molecule is N=C(N)c1c(Br)cccc1Sc1ncco1. The summed E-state index contributed by atoms with van der Waals surface area (Å²) in [6.45, 7) is 0. The van der Waals surface area contributed by atoms with Crippen LogP contribution in [0.1, 0.15) is 5.56 Å². The number of aromatic nitrogens is 1. The van der Waals surface area contributed by atoms with Crippen molar-refractivity contribution in [3.8, 4) is 0 Å². The van der Waals surface area contributed by atoms with Gasteiger partial charge in [0.15, 0.2) is 0 Å². The molecule has 0 saturated carbocycles. The van der Waals surface area contributed by atoms with E-state index in [1.807, 2.05) is 18.2 Å². The summed E-state index contributed by atoms with van der Waals surface area (Å²) < 4.78 is 5.93. The molecule has 0 amide bonds. The number of hydrogen-bond donors (Lipinski definition) is 2. The molecule has 0 aliphatic carbocycles. The van der Waals surface area contributed by atoms with E-state index in [0.717, 1.165) is 9.37 Å². The number of nitrogens with two attached hydrogens (primary N) is 1. The first-order chi connectivity index (χ1) is 7.68. The molecule has 0 spiro atoms. The van der Waals surface area contributed by atoms with Crippen molar-refractivity contribution in [1.82, 2.24) is 4.98 Å². The quantitative estimate of drug-likeness (QED) is 0.675. The lowest BCUT2D eigenvalue weighted by Crippen LogP contribution is -2.13. The second-order valence-electron chi connectivity index (χ2n) is 2.93. The number of amidine groups is 1. The van der Waals surface area contributed by atoms with E-state index in [-0.39, 0.29) is 5.84 Å². The Bertz CT molecular complexity index is 513. The van der Waals surface area contributed by atoms with Crippen LogP contribution < -0.4 is 5.73 Å². The van der Waals surface area contributed by atoms with E-state index in [1.54, 1.807) is 6.20 Å². The highest BCUT2D eigenvalue weighted by Crippen LogP contribution is 2.32. The molecule has 16 heavy (non-hydrogen) atoms. The third-order valence-electron chi connectivity index (χ3n) is 1.85. The van der Waals surface area contributed by atoms with Crippen LogP contribution in [0.3, 0.4) is 0 Å². The molecule has 4 nitrogen and oxygen atoms in total. The van der Waals surface area contributed by atoms with E-state index in [2.05, 4.69) is 20.9 Å². The second kappa shape index (κ2) is 4.71. The zero-order valence-corrected chi connectivity index (χ0v) is 10.5. The standard InChI is InChI=1S/C10H8BrN3OS/c11-6-2-1-3-7(8(6)9(12)13)16-10-14-4-5-15-10/h1-5H,(H3,12,13). The third-order valence-corrected chi connectivity index (χ3v) is 3.45. The van der Waals surface area contributed by atoms with Crippen molar-refractivity contribution < 1.29 is 4.42 Å². The molecule has 1 aromatic carbocycles. The molecular weight excluding hydrogens is 290 g/mol. The van der Waals surface area contributed by atoms with Gasteiger partial charge in [-0.1, -0.05) is 6.07 Å². The molecule has 0 fully saturated rings. The molecule has 0 radical (unpaired) electrons. The number of rotatable bonds is 3. The number of halogens is 1. The van der Waals surface area contributed by atoms with Crippen molar-refractivity contribution >= 4 is 33.5 Å². The van der Waals surface area contributed by atoms with Gasteiger partial charge in [-0.05, 0) is 39.8 Å². The van der Waals surface area contributed by atoms with E-state index in [4.69, 9.17) is 15.6 Å². The first kappa shape index (κ1) is 11.2. The Balaban J connectivity index is 2.40. The molecule has 6 heteroatoms. The Morgan fingerprint density at radius 1 is 1.50 bits per heavy atom. The molecule has 0 aliphatic rings. The maximum Gasteiger partial charge on any atom is 0.260 e. The van der Waals surface area contributed by atoms with Gasteiger partial charge in [0.2, 0.25) is 0 Å². The molecule has 0 aliphatic heterocycles. The van der Waals surface area contributed by atoms with Gasteiger partial charge in [0.1, 0.15) is 12.1 Å². The maximum absolute atomic E-state index is 7.53. The molecule has 2 aromatic rings. The van der Waals surface area contributed by atoms with Crippen LogP contribution in [-0.2, 0) is 0 Å². The summed E-state index contributed by atoms with van der Waals surface area (Å²) in [5, 5.41) is 8.06. The van der Waals surface area contributed by atoms with Crippen LogP contribution in [0.25, 0.3) is 0 Å². The molecule has 1 aromatic heterocycles. The van der Waals surface area contributed by atoms with Crippen molar-refractivity contribution in [3.63, 3.8) is 0 Å². The van der Waals surface area contributed by atoms with Crippen molar-refractivity contribution in [2.24, 2.45) is 5.73 Å². The summed E-state index contributed by atoms with van der Waals surface area (Å²) in [4.78, 5) is 4.85. The van der Waals surface area contributed by atoms with Crippen molar-refractivity contribution in [2.45, 2.75) is 10.1 Å². The Morgan fingerprint density at radius 2 is 2.31 bits per heavy atom. The fraction of sp³-hybridized carbons (Fsp3) is 0. The van der Waals surface area contributed by atoms with Gasteiger partial charge < -0.3 is 10.2 Å². The molecule has 2 rings (SSSR count). The van der Waals surface area contributed by atoms with Crippen LogP contribution in [0.4, 0.5) is 0 Å². The van der Waals surface area contributed by atoms with Gasteiger partial charge in [-0.3, -0.25) is 5.41 Å². The Morgan fingerprint density at radius 3 is 2.94 bits per heavy atom. The third kappa shape index (κ3) is 2.28. The monoisotopic (exact) mass is 297 g/mol. The topological polar surface area (TPSA) is 75.9 Å². The fourth-order valence-corrected chi connectivity index (χ4v) is 2.79. The number of oxazole rings is 1. The summed E-state index contributed by atoms with van der Waals surface area (Å²) >= 11 is 4.70. The predicted octanol–water partition coefficient (Wildman–Crippen LogP) is 2.87. The summed E-state index contributed by atoms with van der Waals surface area (Å²) in [6, 6.07) is 5.59. The Hall–Kier alpha value is -1.27. The first-order valence-corrected chi connectivity index (χ1v) is 5.99. The average molecular weight is 298 g/mol. The smallest absolute Gasteiger partial charge is 0.260 e. The average Bonchev–Trinajstić information content (AvgIpc) is 2.70. The lowest BCUT2D eigenvalue weighted by atomic mass is 10.2. The van der Waals surface area contributed by atoms with Crippen LogP contribution in [0, 0.1) is 5.41 Å². The number of nitrogen functional groups attached to an aromatic ring is 1. The van der Waals surface area contributed by atoms with Crippen LogP contribution >= 0.6 is 27.7 Å². The van der Waals surface area contributed by atoms with E-state index in [1.165, 1.54) is 18.0 Å². The maximum atomic E-state index is 7.53. The van der Waals surface area contributed by atoms with Gasteiger partial charge in [-0.2, -0.15) is 0 Å². The van der Waals surface area contributed by atoms with E-state index < -0.39 is 0 Å². The molecule has 3 N–H and O–H groups in total. The lowest BCUT2D eigenvalue weighted by Gasteiger charge is -2.07. The lowest BCUT2D eigenvalue weighted by molar-refractivity contribution is 0.454. The van der Waals surface area contributed by atoms with Gasteiger partial charge in [-0.15, -0.1) is 0 Å². The molecule has 0 atom stereocenters. The first-order valence-electron chi connectivity index (χ1n) is 4.38. The highest BCUT2D eigenvalue weighted by Gasteiger charge is 2.12. The number of nitrogens with one attached hydrogen (secondary N) is 1. The molecule has 0 unspecified atom stereocenters. The van der Waals surface area contributed by atoms with Crippen molar-refractivity contribution in [2.75, 3.05) is 0 Å². The zero-order chi connectivity index (χ0) is 11.5. The minimum absolute atomic E-state index is 0.0153. The molecular formula is C10H8BrN3OS. The van der Waals surface area contributed by atoms with Gasteiger partial charge in [0.05, 0.1) is 6.20 Å². The number of hydrogen-bond acceptors (Lipinski definition) is 4. The highest BCUT2D eigenvalue weighted by molar-refractivity contribution is 9.10. The van der Waals surface area contributed by atoms with Crippen LogP contribution in [0.5, 0.6) is 0 Å². The largest absolute Gasteiger partial charge is 0.440 e. The normalized spacial score (nSPS) is 10.3. The Kier molecular flexibility index (Phi) is 3.31. The molecule has 1 heterocycles. The van der Waals surface area contributed by atoms with Gasteiger partial charge in [0, 0.05) is 14.9 Å². The van der Waals surface area contributed by atoms with E-state index in [0.29, 0.717) is 10.8 Å². The van der Waals surface area contributed by atoms with Gasteiger partial charge in [0.25, 0.3) is 5.22 Å². The summed E-state index contributed by atoms with van der Waals surface area (Å²) in [7, 11) is 0. The van der Waals surface area contributed by atoms with Crippen molar-refractivity contribution in [3.05, 3.63) is 40.7 Å². The molecule has 82 valence electrons. The zero-order valence-electron chi connectivity index (χ0n) is 8.11. The molecule has 0 saturated heterocycles. The summed E-state index contributed by atoms with van der Waals surface area (Å²) in [5.74, 6) is 0.0153. The molecule has 0 bridgehead atoms. The van der Waals surface area contributed by atoms with Gasteiger partial charge >= 0.3 is 0 Å².